The Morgan fingerprint density at radius 2 is 2.08 bits per heavy atom. The highest BCUT2D eigenvalue weighted by Gasteiger charge is 2.12. The van der Waals surface area contributed by atoms with E-state index in [1.54, 1.807) is 24.9 Å². The lowest BCUT2D eigenvalue weighted by Gasteiger charge is -2.07. The average molecular weight is 387 g/mol. The molecule has 4 aromatic rings. The van der Waals surface area contributed by atoms with Gasteiger partial charge in [-0.2, -0.15) is 0 Å². The summed E-state index contributed by atoms with van der Waals surface area (Å²) in [6.07, 6.45) is 0. The van der Waals surface area contributed by atoms with Crippen molar-refractivity contribution in [3.8, 4) is 5.75 Å². The molecule has 0 spiro atoms. The maximum absolute atomic E-state index is 11.9. The molecule has 0 fully saturated rings. The highest BCUT2D eigenvalue weighted by Crippen LogP contribution is 2.30. The van der Waals surface area contributed by atoms with Crippen LogP contribution in [0.15, 0.2) is 56.8 Å². The van der Waals surface area contributed by atoms with Gasteiger partial charge in [0.2, 0.25) is 0 Å². The van der Waals surface area contributed by atoms with Gasteiger partial charge in [-0.05, 0) is 35.9 Å². The molecule has 0 N–H and O–H groups in total. The second-order valence-electron chi connectivity index (χ2n) is 5.83. The Balaban J connectivity index is 1.70. The summed E-state index contributed by atoms with van der Waals surface area (Å²) in [4.78, 5) is 16.5. The first-order valence-corrected chi connectivity index (χ1v) is 9.27. The summed E-state index contributed by atoms with van der Waals surface area (Å²) in [7, 11) is 3.55. The van der Waals surface area contributed by atoms with Crippen LogP contribution in [0.3, 0.4) is 0 Å². The third kappa shape index (κ3) is 3.06. The van der Waals surface area contributed by atoms with Crippen LogP contribution in [0, 0.1) is 0 Å². The number of nitrogens with zero attached hydrogens (tertiary/aromatic N) is 2. The second kappa shape index (κ2) is 6.70. The van der Waals surface area contributed by atoms with Crippen molar-refractivity contribution in [1.82, 2.24) is 9.55 Å². The molecule has 0 radical (unpaired) electrons. The third-order valence-electron chi connectivity index (χ3n) is 4.20. The molecule has 132 valence electrons. The van der Waals surface area contributed by atoms with E-state index in [2.05, 4.69) is 4.98 Å². The third-order valence-corrected chi connectivity index (χ3v) is 5.51. The van der Waals surface area contributed by atoms with Gasteiger partial charge in [0.25, 0.3) is 0 Å². The minimum atomic E-state index is -0.377. The maximum Gasteiger partial charge on any atom is 0.336 e. The Bertz CT molecular complexity index is 1180. The van der Waals surface area contributed by atoms with Crippen LogP contribution in [0.25, 0.3) is 22.0 Å². The molecule has 26 heavy (non-hydrogen) atoms. The van der Waals surface area contributed by atoms with Crippen molar-refractivity contribution >= 4 is 45.4 Å². The lowest BCUT2D eigenvalue weighted by molar-refractivity contribution is 0.414. The minimum absolute atomic E-state index is 0.377. The molecule has 5 nitrogen and oxygen atoms in total. The van der Waals surface area contributed by atoms with E-state index in [-0.39, 0.29) is 5.63 Å². The number of aromatic nitrogens is 2. The quantitative estimate of drug-likeness (QED) is 0.378. The average Bonchev–Trinajstić information content (AvgIpc) is 2.94. The Morgan fingerprint density at radius 3 is 2.88 bits per heavy atom. The first-order valence-electron chi connectivity index (χ1n) is 7.91. The number of hydrogen-bond donors (Lipinski definition) is 0. The van der Waals surface area contributed by atoms with Crippen molar-refractivity contribution in [2.45, 2.75) is 10.9 Å². The molecule has 2 aromatic heterocycles. The van der Waals surface area contributed by atoms with Gasteiger partial charge in [0, 0.05) is 35.3 Å². The summed E-state index contributed by atoms with van der Waals surface area (Å²) in [5.74, 6) is 1.25. The molecule has 0 saturated heterocycles. The maximum atomic E-state index is 11.9. The molecule has 0 unspecified atom stereocenters. The molecule has 0 aliphatic heterocycles. The summed E-state index contributed by atoms with van der Waals surface area (Å²) >= 11 is 7.61. The first kappa shape index (κ1) is 17.0. The van der Waals surface area contributed by atoms with E-state index in [9.17, 15) is 4.79 Å². The van der Waals surface area contributed by atoms with Crippen molar-refractivity contribution in [3.05, 3.63) is 63.5 Å². The summed E-state index contributed by atoms with van der Waals surface area (Å²) < 4.78 is 12.5. The number of rotatable bonds is 4. The molecular formula is C19H15ClN2O3S. The predicted molar refractivity (Wildman–Crippen MR) is 104 cm³/mol. The number of fused-ring (bicyclic) bond motifs is 2. The number of benzene rings is 2. The lowest BCUT2D eigenvalue weighted by Crippen LogP contribution is -2.00. The molecule has 2 heterocycles. The summed E-state index contributed by atoms with van der Waals surface area (Å²) in [5.41, 5.74) is 2.90. The Kier molecular flexibility index (Phi) is 4.38. The standard InChI is InChI=1S/C19H15ClN2O3S/c1-22-16-6-3-12(20)8-15(16)21-19(22)26-10-11-7-18(23)25-17-9-13(24-2)4-5-14(11)17/h3-9H,10H2,1-2H3. The van der Waals surface area contributed by atoms with Crippen LogP contribution in [-0.2, 0) is 12.8 Å². The van der Waals surface area contributed by atoms with Crippen LogP contribution in [-0.4, -0.2) is 16.7 Å². The van der Waals surface area contributed by atoms with Crippen LogP contribution in [0.2, 0.25) is 5.02 Å². The van der Waals surface area contributed by atoms with Gasteiger partial charge in [-0.15, -0.1) is 0 Å². The molecule has 7 heteroatoms. The first-order chi connectivity index (χ1) is 12.5. The van der Waals surface area contributed by atoms with E-state index >= 15 is 0 Å². The van der Waals surface area contributed by atoms with Crippen molar-refractivity contribution in [1.29, 1.82) is 0 Å². The van der Waals surface area contributed by atoms with Crippen LogP contribution in [0.1, 0.15) is 5.56 Å². The van der Waals surface area contributed by atoms with Crippen molar-refractivity contribution in [2.24, 2.45) is 7.05 Å². The van der Waals surface area contributed by atoms with Gasteiger partial charge in [-0.25, -0.2) is 9.78 Å². The molecular weight excluding hydrogens is 372 g/mol. The van der Waals surface area contributed by atoms with E-state index in [0.717, 1.165) is 27.1 Å². The number of imidazole rings is 1. The Labute approximate surface area is 158 Å². The molecule has 0 amide bonds. The van der Waals surface area contributed by atoms with Crippen molar-refractivity contribution < 1.29 is 9.15 Å². The summed E-state index contributed by atoms with van der Waals surface area (Å²) in [5, 5.41) is 2.41. The number of methoxy groups -OCH3 is 1. The van der Waals surface area contributed by atoms with E-state index in [1.807, 2.05) is 41.9 Å². The highest BCUT2D eigenvalue weighted by molar-refractivity contribution is 7.98. The number of aryl methyl sites for hydroxylation is 1. The summed E-state index contributed by atoms with van der Waals surface area (Å²) in [6, 6.07) is 12.7. The Hall–Kier alpha value is -2.44. The fraction of sp³-hybridized carbons (Fsp3) is 0.158. The zero-order chi connectivity index (χ0) is 18.3. The van der Waals surface area contributed by atoms with Gasteiger partial charge in [-0.3, -0.25) is 0 Å². The minimum Gasteiger partial charge on any atom is -0.497 e. The molecule has 2 aromatic carbocycles. The molecule has 0 atom stereocenters. The van der Waals surface area contributed by atoms with Gasteiger partial charge in [0.05, 0.1) is 18.1 Å². The van der Waals surface area contributed by atoms with E-state index < -0.39 is 0 Å². The molecule has 0 bridgehead atoms. The number of ether oxygens (including phenoxy) is 1. The number of hydrogen-bond acceptors (Lipinski definition) is 5. The normalized spacial score (nSPS) is 11.3. The Morgan fingerprint density at radius 1 is 1.23 bits per heavy atom. The smallest absolute Gasteiger partial charge is 0.336 e. The van der Waals surface area contributed by atoms with Gasteiger partial charge < -0.3 is 13.7 Å². The number of thioether (sulfide) groups is 1. The molecule has 0 aliphatic rings. The second-order valence-corrected chi connectivity index (χ2v) is 7.21. The van der Waals surface area contributed by atoms with Gasteiger partial charge in [0.1, 0.15) is 11.3 Å². The predicted octanol–water partition coefficient (Wildman–Crippen LogP) is 4.63. The van der Waals surface area contributed by atoms with Crippen LogP contribution >= 0.6 is 23.4 Å². The zero-order valence-corrected chi connectivity index (χ0v) is 15.7. The summed E-state index contributed by atoms with van der Waals surface area (Å²) in [6.45, 7) is 0. The van der Waals surface area contributed by atoms with Crippen LogP contribution in [0.4, 0.5) is 0 Å². The van der Waals surface area contributed by atoms with E-state index in [0.29, 0.717) is 22.1 Å². The van der Waals surface area contributed by atoms with Crippen LogP contribution < -0.4 is 10.4 Å². The largest absolute Gasteiger partial charge is 0.497 e. The zero-order valence-electron chi connectivity index (χ0n) is 14.2. The van der Waals surface area contributed by atoms with E-state index in [1.165, 1.54) is 6.07 Å². The fourth-order valence-corrected chi connectivity index (χ4v) is 4.02. The topological polar surface area (TPSA) is 57.3 Å². The van der Waals surface area contributed by atoms with E-state index in [4.69, 9.17) is 20.8 Å². The van der Waals surface area contributed by atoms with Gasteiger partial charge in [-0.1, -0.05) is 23.4 Å². The SMILES string of the molecule is COc1ccc2c(CSc3nc4cc(Cl)ccc4n3C)cc(=O)oc2c1. The van der Waals surface area contributed by atoms with Crippen molar-refractivity contribution in [2.75, 3.05) is 7.11 Å². The highest BCUT2D eigenvalue weighted by atomic mass is 35.5. The molecule has 0 saturated carbocycles. The van der Waals surface area contributed by atoms with Gasteiger partial charge in [0.15, 0.2) is 5.16 Å². The van der Waals surface area contributed by atoms with Crippen LogP contribution in [0.5, 0.6) is 5.75 Å². The van der Waals surface area contributed by atoms with Crippen molar-refractivity contribution in [3.63, 3.8) is 0 Å². The fourth-order valence-electron chi connectivity index (χ4n) is 2.88. The molecule has 4 rings (SSSR count). The lowest BCUT2D eigenvalue weighted by atomic mass is 10.1. The van der Waals surface area contributed by atoms with Gasteiger partial charge >= 0.3 is 5.63 Å². The molecule has 0 aliphatic carbocycles. The number of halogens is 1. The monoisotopic (exact) mass is 386 g/mol.